The molecule has 2 aromatic rings. The van der Waals surface area contributed by atoms with Crippen molar-refractivity contribution in [1.29, 1.82) is 0 Å². The second-order valence-corrected chi connectivity index (χ2v) is 4.58. The Kier molecular flexibility index (Phi) is 4.61. The van der Waals surface area contributed by atoms with Gasteiger partial charge in [-0.1, -0.05) is 41.4 Å². The topological polar surface area (TPSA) is 52.6 Å². The van der Waals surface area contributed by atoms with E-state index in [1.54, 1.807) is 18.2 Å². The van der Waals surface area contributed by atoms with E-state index in [0.717, 1.165) is 0 Å². The molecule has 20 heavy (non-hydrogen) atoms. The maximum absolute atomic E-state index is 11.7. The third-order valence-electron chi connectivity index (χ3n) is 2.35. The molecule has 0 saturated heterocycles. The maximum Gasteiger partial charge on any atom is 0.387 e. The van der Waals surface area contributed by atoms with Gasteiger partial charge < -0.3 is 0 Å². The van der Waals surface area contributed by atoms with Crippen molar-refractivity contribution in [3.8, 4) is 0 Å². The van der Waals surface area contributed by atoms with Crippen molar-refractivity contribution in [1.82, 2.24) is 0 Å². The van der Waals surface area contributed by atoms with Gasteiger partial charge in [-0.25, -0.2) is 19.4 Å². The van der Waals surface area contributed by atoms with E-state index < -0.39 is 11.9 Å². The molecule has 0 atom stereocenters. The van der Waals surface area contributed by atoms with Gasteiger partial charge in [0.1, 0.15) is 0 Å². The molecule has 102 valence electrons. The van der Waals surface area contributed by atoms with E-state index in [1.165, 1.54) is 30.3 Å². The van der Waals surface area contributed by atoms with Gasteiger partial charge in [0.25, 0.3) is 0 Å². The van der Waals surface area contributed by atoms with Crippen molar-refractivity contribution in [3.63, 3.8) is 0 Å². The lowest BCUT2D eigenvalue weighted by Crippen LogP contribution is -2.12. The van der Waals surface area contributed by atoms with E-state index in [4.69, 9.17) is 23.2 Å². The highest BCUT2D eigenvalue weighted by Crippen LogP contribution is 2.21. The lowest BCUT2D eigenvalue weighted by Gasteiger charge is -2.04. The van der Waals surface area contributed by atoms with Crippen molar-refractivity contribution in [3.05, 3.63) is 69.7 Å². The molecule has 0 aliphatic heterocycles. The number of carbonyl (C=O) groups excluding carboxylic acids is 2. The van der Waals surface area contributed by atoms with Gasteiger partial charge in [0, 0.05) is 5.02 Å². The zero-order chi connectivity index (χ0) is 14.5. The summed E-state index contributed by atoms with van der Waals surface area (Å²) in [6, 6.07) is 12.4. The number of carbonyl (C=O) groups is 2. The molecule has 0 unspecified atom stereocenters. The third kappa shape index (κ3) is 3.50. The van der Waals surface area contributed by atoms with Crippen LogP contribution in [0, 0.1) is 0 Å². The minimum Gasteiger partial charge on any atom is -0.242 e. The van der Waals surface area contributed by atoms with Crippen LogP contribution in [0.25, 0.3) is 0 Å². The van der Waals surface area contributed by atoms with E-state index in [0.29, 0.717) is 5.02 Å². The molecule has 0 aromatic heterocycles. The summed E-state index contributed by atoms with van der Waals surface area (Å²) in [5, 5.41) is 0.492. The minimum absolute atomic E-state index is 0.0527. The van der Waals surface area contributed by atoms with E-state index in [9.17, 15) is 9.59 Å². The molecule has 4 nitrogen and oxygen atoms in total. The molecular formula is C14H8Cl2O4. The van der Waals surface area contributed by atoms with Crippen LogP contribution in [0.3, 0.4) is 0 Å². The Morgan fingerprint density at radius 2 is 1.50 bits per heavy atom. The second-order valence-electron chi connectivity index (χ2n) is 3.73. The fraction of sp³-hybridized carbons (Fsp3) is 0. The number of hydrogen-bond donors (Lipinski definition) is 0. The predicted octanol–water partition coefficient (Wildman–Crippen LogP) is 3.92. The largest absolute Gasteiger partial charge is 0.387 e. The molecule has 0 spiro atoms. The smallest absolute Gasteiger partial charge is 0.242 e. The van der Waals surface area contributed by atoms with E-state index >= 15 is 0 Å². The summed E-state index contributed by atoms with van der Waals surface area (Å²) in [4.78, 5) is 32.1. The maximum atomic E-state index is 11.7. The molecule has 0 aliphatic rings. The van der Waals surface area contributed by atoms with E-state index in [-0.39, 0.29) is 16.1 Å². The Labute approximate surface area is 124 Å². The zero-order valence-electron chi connectivity index (χ0n) is 10.0. The summed E-state index contributed by atoms with van der Waals surface area (Å²) in [5.41, 5.74) is 0.319. The summed E-state index contributed by atoms with van der Waals surface area (Å²) < 4.78 is 0. The first-order chi connectivity index (χ1) is 9.58. The fourth-order valence-corrected chi connectivity index (χ4v) is 1.88. The zero-order valence-corrected chi connectivity index (χ0v) is 11.5. The molecule has 0 bridgehead atoms. The van der Waals surface area contributed by atoms with Crippen LogP contribution in [0.15, 0.2) is 48.5 Å². The van der Waals surface area contributed by atoms with Crippen LogP contribution in [0.1, 0.15) is 20.7 Å². The molecule has 0 amide bonds. The highest BCUT2D eigenvalue weighted by Gasteiger charge is 2.16. The highest BCUT2D eigenvalue weighted by molar-refractivity contribution is 6.36. The quantitative estimate of drug-likeness (QED) is 0.623. The van der Waals surface area contributed by atoms with Gasteiger partial charge in [-0.05, 0) is 30.3 Å². The number of rotatable bonds is 2. The Balaban J connectivity index is 2.00. The normalized spacial score (nSPS) is 9.90. The minimum atomic E-state index is -0.879. The van der Waals surface area contributed by atoms with Crippen LogP contribution in [-0.2, 0) is 9.78 Å². The molecule has 0 fully saturated rings. The molecule has 2 rings (SSSR count). The first-order valence-corrected chi connectivity index (χ1v) is 6.27. The van der Waals surface area contributed by atoms with Crippen LogP contribution in [-0.4, -0.2) is 11.9 Å². The van der Waals surface area contributed by atoms with Crippen molar-refractivity contribution in [2.45, 2.75) is 0 Å². The molecule has 0 saturated carbocycles. The van der Waals surface area contributed by atoms with Gasteiger partial charge in [0.05, 0.1) is 16.1 Å². The standard InChI is InChI=1S/C14H8Cl2O4/c15-10-6-7-11(12(16)8-10)14(18)20-19-13(17)9-4-2-1-3-5-9/h1-8H. The monoisotopic (exact) mass is 310 g/mol. The predicted molar refractivity (Wildman–Crippen MR) is 73.7 cm³/mol. The molecule has 0 N–H and O–H groups in total. The van der Waals surface area contributed by atoms with Crippen molar-refractivity contribution in [2.24, 2.45) is 0 Å². The lowest BCUT2D eigenvalue weighted by molar-refractivity contribution is -0.187. The van der Waals surface area contributed by atoms with Crippen molar-refractivity contribution >= 4 is 35.1 Å². The molecule has 0 heterocycles. The molecule has 2 aromatic carbocycles. The molecule has 6 heteroatoms. The van der Waals surface area contributed by atoms with E-state index in [1.807, 2.05) is 0 Å². The Morgan fingerprint density at radius 1 is 0.850 bits per heavy atom. The molecule has 0 radical (unpaired) electrons. The van der Waals surface area contributed by atoms with Crippen LogP contribution in [0.4, 0.5) is 0 Å². The van der Waals surface area contributed by atoms with Crippen LogP contribution >= 0.6 is 23.2 Å². The number of halogens is 2. The van der Waals surface area contributed by atoms with Crippen LogP contribution in [0.2, 0.25) is 10.0 Å². The first-order valence-electron chi connectivity index (χ1n) is 5.51. The van der Waals surface area contributed by atoms with Gasteiger partial charge in [-0.2, -0.15) is 0 Å². The summed E-state index contributed by atoms with van der Waals surface area (Å²) in [7, 11) is 0. The van der Waals surface area contributed by atoms with Crippen molar-refractivity contribution in [2.75, 3.05) is 0 Å². The molecule has 0 aliphatic carbocycles. The van der Waals surface area contributed by atoms with Crippen LogP contribution < -0.4 is 0 Å². The summed E-state index contributed by atoms with van der Waals surface area (Å²) in [6.07, 6.45) is 0. The Bertz CT molecular complexity index is 641. The summed E-state index contributed by atoms with van der Waals surface area (Å²) in [5.74, 6) is -1.65. The van der Waals surface area contributed by atoms with E-state index in [2.05, 4.69) is 9.78 Å². The third-order valence-corrected chi connectivity index (χ3v) is 2.90. The number of benzene rings is 2. The summed E-state index contributed by atoms with van der Waals surface area (Å²) in [6.45, 7) is 0. The van der Waals surface area contributed by atoms with Gasteiger partial charge >= 0.3 is 11.9 Å². The van der Waals surface area contributed by atoms with Crippen LogP contribution in [0.5, 0.6) is 0 Å². The van der Waals surface area contributed by atoms with Gasteiger partial charge in [0.15, 0.2) is 0 Å². The van der Waals surface area contributed by atoms with Gasteiger partial charge in [-0.15, -0.1) is 0 Å². The van der Waals surface area contributed by atoms with Gasteiger partial charge in [0.2, 0.25) is 0 Å². The molecular weight excluding hydrogens is 303 g/mol. The number of hydrogen-bond acceptors (Lipinski definition) is 4. The first kappa shape index (κ1) is 14.4. The average Bonchev–Trinajstić information content (AvgIpc) is 2.45. The summed E-state index contributed by atoms with van der Waals surface area (Å²) >= 11 is 11.5. The average molecular weight is 311 g/mol. The van der Waals surface area contributed by atoms with Crippen molar-refractivity contribution < 1.29 is 19.4 Å². The Morgan fingerprint density at radius 3 is 2.15 bits per heavy atom. The highest BCUT2D eigenvalue weighted by atomic mass is 35.5. The second kappa shape index (κ2) is 6.41. The Hall–Kier alpha value is -2.04. The lowest BCUT2D eigenvalue weighted by atomic mass is 10.2. The fourth-order valence-electron chi connectivity index (χ4n) is 1.40. The SMILES string of the molecule is O=C(OOC(=O)c1ccc(Cl)cc1Cl)c1ccccc1. The van der Waals surface area contributed by atoms with Gasteiger partial charge in [-0.3, -0.25) is 0 Å².